The van der Waals surface area contributed by atoms with E-state index in [1.54, 1.807) is 0 Å². The molecule has 140 valence electrons. The van der Waals surface area contributed by atoms with Gasteiger partial charge in [-0.25, -0.2) is 0 Å². The quantitative estimate of drug-likeness (QED) is 0.317. The minimum absolute atomic E-state index is 0.169. The van der Waals surface area contributed by atoms with Crippen molar-refractivity contribution in [2.24, 2.45) is 0 Å². The van der Waals surface area contributed by atoms with Crippen LogP contribution in [0.15, 0.2) is 0 Å². The zero-order chi connectivity index (χ0) is 16.9. The van der Waals surface area contributed by atoms with E-state index in [1.165, 1.54) is 46.0 Å². The lowest BCUT2D eigenvalue weighted by Gasteiger charge is -2.27. The third kappa shape index (κ3) is 7.95. The van der Waals surface area contributed by atoms with Crippen LogP contribution < -0.4 is 0 Å². The van der Waals surface area contributed by atoms with Gasteiger partial charge in [0.2, 0.25) is 0 Å². The average Bonchev–Trinajstić information content (AvgIpc) is 3.48. The van der Waals surface area contributed by atoms with Crippen molar-refractivity contribution >= 4 is 70.6 Å². The fourth-order valence-corrected chi connectivity index (χ4v) is 10.3. The summed E-state index contributed by atoms with van der Waals surface area (Å²) in [6.07, 6.45) is 0. The predicted molar refractivity (Wildman–Crippen MR) is 121 cm³/mol. The normalized spacial score (nSPS) is 38.2. The van der Waals surface area contributed by atoms with Gasteiger partial charge in [0.1, 0.15) is 9.87 Å². The highest BCUT2D eigenvalue weighted by atomic mass is 32.2. The Labute approximate surface area is 172 Å². The third-order valence-electron chi connectivity index (χ3n) is 4.01. The number of hydrogen-bond donors (Lipinski definition) is 0. The molecule has 0 bridgehead atoms. The molecule has 0 aromatic heterocycles. The Morgan fingerprint density at radius 1 is 0.792 bits per heavy atom. The van der Waals surface area contributed by atoms with Gasteiger partial charge in [0.15, 0.2) is 0 Å². The molecule has 0 radical (unpaired) electrons. The molecule has 3 fully saturated rings. The smallest absolute Gasteiger partial charge is 0.134 e. The molecule has 8 heteroatoms. The monoisotopic (exact) mass is 444 g/mol. The summed E-state index contributed by atoms with van der Waals surface area (Å²) in [5, 5.41) is 1.73. The number of epoxide rings is 2. The summed E-state index contributed by atoms with van der Waals surface area (Å²) in [7, 11) is 0. The Morgan fingerprint density at radius 2 is 1.21 bits per heavy atom. The van der Waals surface area contributed by atoms with Gasteiger partial charge in [0.05, 0.1) is 13.2 Å². The molecule has 0 N–H and O–H groups in total. The number of thioether (sulfide) groups is 6. The van der Waals surface area contributed by atoms with E-state index in [0.717, 1.165) is 23.7 Å². The van der Waals surface area contributed by atoms with Gasteiger partial charge in [-0.2, -0.15) is 47.0 Å². The van der Waals surface area contributed by atoms with Gasteiger partial charge in [-0.15, -0.1) is 23.5 Å². The maximum atomic E-state index is 5.41. The maximum absolute atomic E-state index is 5.41. The molecule has 0 spiro atoms. The Morgan fingerprint density at radius 3 is 1.54 bits per heavy atom. The zero-order valence-electron chi connectivity index (χ0n) is 14.5. The summed E-state index contributed by atoms with van der Waals surface area (Å²) in [5.41, 5.74) is 0. The van der Waals surface area contributed by atoms with Gasteiger partial charge >= 0.3 is 0 Å². The number of ether oxygens (including phenoxy) is 2. The Bertz CT molecular complexity index is 345. The molecule has 3 rings (SSSR count). The van der Waals surface area contributed by atoms with E-state index in [4.69, 9.17) is 9.47 Å². The van der Waals surface area contributed by atoms with Gasteiger partial charge in [-0.3, -0.25) is 0 Å². The van der Waals surface area contributed by atoms with Crippen LogP contribution in [0.25, 0.3) is 0 Å². The molecule has 3 aliphatic heterocycles. The summed E-state index contributed by atoms with van der Waals surface area (Å²) >= 11 is 12.7. The molecule has 4 unspecified atom stereocenters. The van der Waals surface area contributed by atoms with E-state index in [2.05, 4.69) is 60.9 Å². The largest absolute Gasteiger partial charge is 0.358 e. The topological polar surface area (TPSA) is 25.1 Å². The maximum Gasteiger partial charge on any atom is 0.134 e. The van der Waals surface area contributed by atoms with E-state index in [-0.39, 0.29) is 9.87 Å². The van der Waals surface area contributed by atoms with E-state index in [9.17, 15) is 0 Å². The molecule has 0 aliphatic carbocycles. The van der Waals surface area contributed by atoms with Crippen LogP contribution in [0.4, 0.5) is 0 Å². The molecule has 3 aliphatic rings. The van der Waals surface area contributed by atoms with Crippen molar-refractivity contribution in [3.8, 4) is 0 Å². The second-order valence-electron chi connectivity index (χ2n) is 6.60. The van der Waals surface area contributed by atoms with Gasteiger partial charge in [0.25, 0.3) is 0 Å². The first-order valence-corrected chi connectivity index (χ1v) is 14.9. The van der Waals surface area contributed by atoms with Crippen LogP contribution >= 0.6 is 70.6 Å². The van der Waals surface area contributed by atoms with Crippen LogP contribution in [0, 0.1) is 0 Å². The van der Waals surface area contributed by atoms with Crippen LogP contribution in [0.5, 0.6) is 0 Å². The molecule has 4 atom stereocenters. The van der Waals surface area contributed by atoms with Gasteiger partial charge < -0.3 is 9.47 Å². The lowest BCUT2D eigenvalue weighted by atomic mass is 10.5. The molecular formula is C16H28O2S6. The van der Waals surface area contributed by atoms with Crippen LogP contribution in [-0.2, 0) is 9.47 Å². The molecule has 3 saturated heterocycles. The molecule has 0 amide bonds. The van der Waals surface area contributed by atoms with Gasteiger partial charge in [-0.05, 0) is 13.8 Å². The average molecular weight is 445 g/mol. The molecule has 2 nitrogen and oxygen atoms in total. The Kier molecular flexibility index (Phi) is 8.63. The predicted octanol–water partition coefficient (Wildman–Crippen LogP) is 4.63. The van der Waals surface area contributed by atoms with E-state index >= 15 is 0 Å². The highest BCUT2D eigenvalue weighted by Gasteiger charge is 2.40. The van der Waals surface area contributed by atoms with Crippen molar-refractivity contribution in [1.82, 2.24) is 0 Å². The summed E-state index contributed by atoms with van der Waals surface area (Å²) < 4.78 is 10.8. The number of hydrogen-bond acceptors (Lipinski definition) is 8. The Hall–Kier alpha value is 2.02. The summed E-state index contributed by atoms with van der Waals surface area (Å²) in [4.78, 5) is 0.339. The van der Waals surface area contributed by atoms with Crippen LogP contribution in [0.2, 0.25) is 0 Å². The minimum atomic E-state index is 0.169. The SMILES string of the molecule is CC1(SCCSCC2CSC(CSCCSC3(C)CO3)CS2)CO1. The second-order valence-corrected chi connectivity index (χ2v) is 14.7. The lowest BCUT2D eigenvalue weighted by molar-refractivity contribution is 0.401. The molecule has 0 aromatic carbocycles. The lowest BCUT2D eigenvalue weighted by Crippen LogP contribution is -2.25. The minimum Gasteiger partial charge on any atom is -0.358 e. The molecule has 0 aromatic rings. The van der Waals surface area contributed by atoms with Crippen LogP contribution in [0.3, 0.4) is 0 Å². The molecular weight excluding hydrogens is 417 g/mol. The van der Waals surface area contributed by atoms with Crippen molar-refractivity contribution in [1.29, 1.82) is 0 Å². The first-order chi connectivity index (χ1) is 11.6. The van der Waals surface area contributed by atoms with Crippen LogP contribution in [0.1, 0.15) is 13.8 Å². The Balaban J connectivity index is 1.13. The zero-order valence-corrected chi connectivity index (χ0v) is 19.4. The summed E-state index contributed by atoms with van der Waals surface area (Å²) in [6, 6.07) is 0. The van der Waals surface area contributed by atoms with Gasteiger partial charge in [0, 0.05) is 56.5 Å². The molecule has 3 heterocycles. The molecule has 24 heavy (non-hydrogen) atoms. The van der Waals surface area contributed by atoms with E-state index in [0.29, 0.717) is 0 Å². The molecule has 0 saturated carbocycles. The first-order valence-electron chi connectivity index (χ1n) is 8.51. The van der Waals surface area contributed by atoms with Crippen molar-refractivity contribution < 1.29 is 9.47 Å². The second kappa shape index (κ2) is 9.99. The number of rotatable bonds is 12. The van der Waals surface area contributed by atoms with Crippen molar-refractivity contribution in [2.75, 3.05) is 59.2 Å². The highest BCUT2D eigenvalue weighted by molar-refractivity contribution is 8.09. The van der Waals surface area contributed by atoms with Crippen molar-refractivity contribution in [3.05, 3.63) is 0 Å². The van der Waals surface area contributed by atoms with Gasteiger partial charge in [-0.1, -0.05) is 0 Å². The third-order valence-corrected chi connectivity index (χ3v) is 12.9. The van der Waals surface area contributed by atoms with E-state index < -0.39 is 0 Å². The standard InChI is InChI=1S/C16H28O2S6/c1-15(11-17-15)23-5-3-19-7-13-9-22-14(10-21-13)8-20-4-6-24-16(2)12-18-16/h13-14H,3-12H2,1-2H3. The highest BCUT2D eigenvalue weighted by Crippen LogP contribution is 2.40. The van der Waals surface area contributed by atoms with Crippen LogP contribution in [-0.4, -0.2) is 79.6 Å². The van der Waals surface area contributed by atoms with Crippen molar-refractivity contribution in [3.63, 3.8) is 0 Å². The van der Waals surface area contributed by atoms with Crippen molar-refractivity contribution in [2.45, 2.75) is 34.2 Å². The fourth-order valence-electron chi connectivity index (χ4n) is 2.21. The fraction of sp³-hybridized carbons (Fsp3) is 1.00. The first kappa shape index (κ1) is 20.7. The summed E-state index contributed by atoms with van der Waals surface area (Å²) in [5.74, 6) is 10.3. The van der Waals surface area contributed by atoms with E-state index in [1.807, 2.05) is 23.5 Å². The summed E-state index contributed by atoms with van der Waals surface area (Å²) in [6.45, 7) is 6.30.